The molecule has 6 nitrogen and oxygen atoms in total. The molecule has 0 aliphatic carbocycles. The maximum atomic E-state index is 12.7. The maximum absolute atomic E-state index is 12.7. The van der Waals surface area contributed by atoms with Gasteiger partial charge >= 0.3 is 6.09 Å². The highest BCUT2D eigenvalue weighted by molar-refractivity contribution is 7.12. The number of rotatable bonds is 1. The van der Waals surface area contributed by atoms with Crippen molar-refractivity contribution in [3.05, 3.63) is 21.9 Å². The number of likely N-dealkylation sites (tertiary alicyclic amines) is 1. The third-order valence-electron chi connectivity index (χ3n) is 3.90. The Hall–Kier alpha value is -1.89. The van der Waals surface area contributed by atoms with Crippen molar-refractivity contribution in [1.29, 1.82) is 0 Å². The Labute approximate surface area is 139 Å². The number of thiophene rings is 1. The number of imide groups is 1. The first-order valence-electron chi connectivity index (χ1n) is 7.56. The summed E-state index contributed by atoms with van der Waals surface area (Å²) in [6.45, 7) is 7.61. The van der Waals surface area contributed by atoms with Gasteiger partial charge < -0.3 is 9.57 Å². The van der Waals surface area contributed by atoms with Crippen LogP contribution in [0.15, 0.2) is 16.6 Å². The molecule has 0 aromatic carbocycles. The standard InChI is InChI=1S/C16H20N2O4S/c1-10-5-8-23-12(10)11-9-16(22-17-11)6-7-18(13(16)19)14(20)21-15(2,3)4/h5,8H,6-7,9H2,1-4H3. The molecule has 1 aromatic heterocycles. The van der Waals surface area contributed by atoms with E-state index in [4.69, 9.17) is 9.57 Å². The van der Waals surface area contributed by atoms with Crippen molar-refractivity contribution >= 4 is 29.0 Å². The quantitative estimate of drug-likeness (QED) is 0.790. The Kier molecular flexibility index (Phi) is 3.71. The highest BCUT2D eigenvalue weighted by Gasteiger charge is 2.55. The predicted molar refractivity (Wildman–Crippen MR) is 86.6 cm³/mol. The summed E-state index contributed by atoms with van der Waals surface area (Å²) in [4.78, 5) is 32.5. The number of nitrogens with zero attached hydrogens (tertiary/aromatic N) is 2. The number of oxime groups is 1. The van der Waals surface area contributed by atoms with Crippen LogP contribution in [0.2, 0.25) is 0 Å². The zero-order valence-corrected chi connectivity index (χ0v) is 14.5. The van der Waals surface area contributed by atoms with Crippen molar-refractivity contribution in [3.8, 4) is 0 Å². The molecule has 23 heavy (non-hydrogen) atoms. The Bertz CT molecular complexity index is 688. The molecule has 1 aromatic rings. The SMILES string of the molecule is Cc1ccsc1C1=NOC2(CCN(C(=O)OC(C)(C)C)C2=O)C1. The van der Waals surface area contributed by atoms with E-state index in [0.29, 0.717) is 19.4 Å². The Balaban J connectivity index is 1.73. The van der Waals surface area contributed by atoms with Crippen LogP contribution < -0.4 is 0 Å². The van der Waals surface area contributed by atoms with Crippen LogP contribution in [-0.4, -0.2) is 40.4 Å². The van der Waals surface area contributed by atoms with Gasteiger partial charge in [0.05, 0.1) is 4.88 Å². The molecule has 1 saturated heterocycles. The molecule has 2 amide bonds. The fourth-order valence-electron chi connectivity index (χ4n) is 2.75. The van der Waals surface area contributed by atoms with Crippen LogP contribution in [0.5, 0.6) is 0 Å². The van der Waals surface area contributed by atoms with E-state index in [2.05, 4.69) is 5.16 Å². The largest absolute Gasteiger partial charge is 0.443 e. The van der Waals surface area contributed by atoms with Gasteiger partial charge in [0.15, 0.2) is 0 Å². The molecule has 0 radical (unpaired) electrons. The van der Waals surface area contributed by atoms with Crippen LogP contribution >= 0.6 is 11.3 Å². The van der Waals surface area contributed by atoms with Crippen molar-refractivity contribution < 1.29 is 19.2 Å². The normalized spacial score (nSPS) is 24.1. The van der Waals surface area contributed by atoms with Crippen LogP contribution in [0.3, 0.4) is 0 Å². The summed E-state index contributed by atoms with van der Waals surface area (Å²) in [7, 11) is 0. The van der Waals surface area contributed by atoms with E-state index >= 15 is 0 Å². The van der Waals surface area contributed by atoms with Gasteiger partial charge in [-0.2, -0.15) is 0 Å². The second-order valence-corrected chi connectivity index (χ2v) is 7.84. The molecule has 1 atom stereocenters. The Morgan fingerprint density at radius 1 is 1.48 bits per heavy atom. The van der Waals surface area contributed by atoms with E-state index < -0.39 is 17.3 Å². The first-order chi connectivity index (χ1) is 10.7. The van der Waals surface area contributed by atoms with Crippen molar-refractivity contribution in [2.24, 2.45) is 5.16 Å². The fourth-order valence-corrected chi connectivity index (χ4v) is 3.66. The summed E-state index contributed by atoms with van der Waals surface area (Å²) >= 11 is 1.58. The highest BCUT2D eigenvalue weighted by Crippen LogP contribution is 2.38. The average Bonchev–Trinajstić information content (AvgIpc) is 3.10. The topological polar surface area (TPSA) is 68.2 Å². The molecule has 124 valence electrons. The summed E-state index contributed by atoms with van der Waals surface area (Å²) in [5.74, 6) is -0.361. The third-order valence-corrected chi connectivity index (χ3v) is 4.96. The van der Waals surface area contributed by atoms with Gasteiger partial charge in [0, 0.05) is 19.4 Å². The molecule has 2 aliphatic rings. The van der Waals surface area contributed by atoms with Gasteiger partial charge in [-0.1, -0.05) is 5.16 Å². The maximum Gasteiger partial charge on any atom is 0.417 e. The van der Waals surface area contributed by atoms with E-state index in [1.807, 2.05) is 18.4 Å². The van der Waals surface area contributed by atoms with E-state index in [0.717, 1.165) is 21.1 Å². The number of aryl methyl sites for hydroxylation is 1. The van der Waals surface area contributed by atoms with Gasteiger partial charge in [-0.25, -0.2) is 9.69 Å². The Morgan fingerprint density at radius 2 is 2.22 bits per heavy atom. The number of hydrogen-bond acceptors (Lipinski definition) is 6. The van der Waals surface area contributed by atoms with E-state index in [1.165, 1.54) is 0 Å². The number of carbonyl (C=O) groups is 2. The molecule has 2 aliphatic heterocycles. The second-order valence-electron chi connectivity index (χ2n) is 6.92. The first-order valence-corrected chi connectivity index (χ1v) is 8.44. The lowest BCUT2D eigenvalue weighted by molar-refractivity contribution is -0.145. The summed E-state index contributed by atoms with van der Waals surface area (Å²) in [5, 5.41) is 6.11. The molecule has 0 saturated carbocycles. The summed E-state index contributed by atoms with van der Waals surface area (Å²) in [6, 6.07) is 2.01. The first kappa shape index (κ1) is 16.0. The molecule has 3 rings (SSSR count). The van der Waals surface area contributed by atoms with Crippen LogP contribution in [0, 0.1) is 6.92 Å². The molecule has 1 fully saturated rings. The number of amides is 2. The fraction of sp³-hybridized carbons (Fsp3) is 0.562. The van der Waals surface area contributed by atoms with Gasteiger partial charge in [0.25, 0.3) is 5.91 Å². The molecule has 1 spiro atoms. The molecule has 1 unspecified atom stereocenters. The van der Waals surface area contributed by atoms with Crippen LogP contribution in [0.4, 0.5) is 4.79 Å². The minimum Gasteiger partial charge on any atom is -0.443 e. The van der Waals surface area contributed by atoms with Crippen LogP contribution in [-0.2, 0) is 14.4 Å². The minimum atomic E-state index is -1.05. The van der Waals surface area contributed by atoms with Crippen molar-refractivity contribution in [2.45, 2.75) is 51.7 Å². The van der Waals surface area contributed by atoms with Gasteiger partial charge in [-0.05, 0) is 44.7 Å². The monoisotopic (exact) mass is 336 g/mol. The molecular formula is C16H20N2O4S. The zero-order valence-electron chi connectivity index (χ0n) is 13.7. The molecule has 3 heterocycles. The lowest BCUT2D eigenvalue weighted by atomic mass is 9.94. The lowest BCUT2D eigenvalue weighted by Crippen LogP contribution is -2.44. The second kappa shape index (κ2) is 5.33. The summed E-state index contributed by atoms with van der Waals surface area (Å²) in [6.07, 6.45) is 0.207. The van der Waals surface area contributed by atoms with E-state index in [-0.39, 0.29) is 5.91 Å². The highest BCUT2D eigenvalue weighted by atomic mass is 32.1. The van der Waals surface area contributed by atoms with Crippen LogP contribution in [0.1, 0.15) is 44.1 Å². The van der Waals surface area contributed by atoms with Gasteiger partial charge in [0.1, 0.15) is 11.3 Å². The predicted octanol–water partition coefficient (Wildman–Crippen LogP) is 3.09. The number of carbonyl (C=O) groups excluding carboxylic acids is 2. The zero-order chi connectivity index (χ0) is 16.8. The minimum absolute atomic E-state index is 0.292. The van der Waals surface area contributed by atoms with E-state index in [9.17, 15) is 9.59 Å². The molecule has 0 N–H and O–H groups in total. The number of hydrogen-bond donors (Lipinski definition) is 0. The lowest BCUT2D eigenvalue weighted by Gasteiger charge is -2.24. The van der Waals surface area contributed by atoms with Gasteiger partial charge in [-0.15, -0.1) is 11.3 Å². The average molecular weight is 336 g/mol. The third kappa shape index (κ3) is 2.85. The number of ether oxygens (including phenoxy) is 1. The van der Waals surface area contributed by atoms with Crippen molar-refractivity contribution in [3.63, 3.8) is 0 Å². The van der Waals surface area contributed by atoms with Crippen molar-refractivity contribution in [1.82, 2.24) is 4.90 Å². The van der Waals surface area contributed by atoms with Gasteiger partial charge in [-0.3, -0.25) is 4.79 Å². The smallest absolute Gasteiger partial charge is 0.417 e. The molecule has 7 heteroatoms. The van der Waals surface area contributed by atoms with Crippen molar-refractivity contribution in [2.75, 3.05) is 6.54 Å². The van der Waals surface area contributed by atoms with Crippen LogP contribution in [0.25, 0.3) is 0 Å². The molecule has 0 bridgehead atoms. The molecular weight excluding hydrogens is 316 g/mol. The summed E-state index contributed by atoms with van der Waals surface area (Å²) < 4.78 is 5.29. The van der Waals surface area contributed by atoms with Gasteiger partial charge in [0.2, 0.25) is 5.60 Å². The van der Waals surface area contributed by atoms with E-state index in [1.54, 1.807) is 32.1 Å². The Morgan fingerprint density at radius 3 is 2.83 bits per heavy atom. The summed E-state index contributed by atoms with van der Waals surface area (Å²) in [5.41, 5.74) is 0.197.